The van der Waals surface area contributed by atoms with Gasteiger partial charge >= 0.3 is 0 Å². The monoisotopic (exact) mass is 298 g/mol. The van der Waals surface area contributed by atoms with Gasteiger partial charge in [-0.05, 0) is 55.7 Å². The average Bonchev–Trinajstić information content (AvgIpc) is 2.45. The zero-order valence-electron chi connectivity index (χ0n) is 12.9. The molecule has 2 N–H and O–H groups in total. The molecule has 2 aromatic rings. The highest BCUT2D eigenvalue weighted by Crippen LogP contribution is 2.20. The summed E-state index contributed by atoms with van der Waals surface area (Å²) in [5.41, 5.74) is 11.7. The van der Waals surface area contributed by atoms with E-state index in [9.17, 15) is 0 Å². The third kappa shape index (κ3) is 3.82. The summed E-state index contributed by atoms with van der Waals surface area (Å²) >= 11 is 5.03. The lowest BCUT2D eigenvalue weighted by molar-refractivity contribution is 0.826. The predicted octanol–water partition coefficient (Wildman–Crippen LogP) is 3.96. The van der Waals surface area contributed by atoms with Crippen molar-refractivity contribution in [2.45, 2.75) is 27.3 Å². The van der Waals surface area contributed by atoms with Crippen LogP contribution in [-0.4, -0.2) is 11.5 Å². The van der Waals surface area contributed by atoms with Crippen LogP contribution in [0.3, 0.4) is 0 Å². The molecule has 2 aromatic carbocycles. The first-order valence-corrected chi connectivity index (χ1v) is 7.63. The van der Waals surface area contributed by atoms with Crippen molar-refractivity contribution in [2.75, 3.05) is 11.4 Å². The Hall–Kier alpha value is -1.87. The number of nitrogens with zero attached hydrogens (tertiary/aromatic N) is 1. The summed E-state index contributed by atoms with van der Waals surface area (Å²) in [5.74, 6) is 0. The Morgan fingerprint density at radius 2 is 1.90 bits per heavy atom. The fraction of sp³-hybridized carbons (Fsp3) is 0.278. The molecule has 0 amide bonds. The summed E-state index contributed by atoms with van der Waals surface area (Å²) in [5, 5.41) is 0. The second-order valence-corrected chi connectivity index (χ2v) is 5.80. The van der Waals surface area contributed by atoms with Crippen LogP contribution in [-0.2, 0) is 6.54 Å². The number of nitrogens with two attached hydrogens (primary N) is 1. The van der Waals surface area contributed by atoms with E-state index in [2.05, 4.69) is 62.1 Å². The van der Waals surface area contributed by atoms with Gasteiger partial charge in [0.25, 0.3) is 0 Å². The van der Waals surface area contributed by atoms with Gasteiger partial charge in [-0.25, -0.2) is 0 Å². The van der Waals surface area contributed by atoms with Crippen molar-refractivity contribution in [3.8, 4) is 0 Å². The molecule has 0 aliphatic heterocycles. The number of anilines is 1. The van der Waals surface area contributed by atoms with E-state index in [-0.39, 0.29) is 0 Å². The van der Waals surface area contributed by atoms with Crippen LogP contribution in [0.4, 0.5) is 5.69 Å². The van der Waals surface area contributed by atoms with Crippen molar-refractivity contribution < 1.29 is 0 Å². The minimum Gasteiger partial charge on any atom is -0.389 e. The Morgan fingerprint density at radius 1 is 1.14 bits per heavy atom. The van der Waals surface area contributed by atoms with Crippen LogP contribution in [0.15, 0.2) is 42.5 Å². The number of hydrogen-bond acceptors (Lipinski definition) is 2. The van der Waals surface area contributed by atoms with Gasteiger partial charge in [0, 0.05) is 24.3 Å². The first-order chi connectivity index (χ1) is 10.0. The lowest BCUT2D eigenvalue weighted by Crippen LogP contribution is -2.22. The molecule has 0 unspecified atom stereocenters. The molecular weight excluding hydrogens is 276 g/mol. The molecule has 0 heterocycles. The van der Waals surface area contributed by atoms with E-state index in [1.807, 2.05) is 6.07 Å². The Kier molecular flexibility index (Phi) is 4.97. The lowest BCUT2D eigenvalue weighted by Gasteiger charge is -2.24. The third-order valence-corrected chi connectivity index (χ3v) is 3.97. The predicted molar refractivity (Wildman–Crippen MR) is 95.0 cm³/mol. The summed E-state index contributed by atoms with van der Waals surface area (Å²) in [6, 6.07) is 14.8. The highest BCUT2D eigenvalue weighted by atomic mass is 32.1. The molecule has 0 bridgehead atoms. The maximum Gasteiger partial charge on any atom is 0.103 e. The number of rotatable bonds is 5. The minimum absolute atomic E-state index is 0.454. The topological polar surface area (TPSA) is 29.3 Å². The molecule has 0 aliphatic rings. The Balaban J connectivity index is 2.25. The molecular formula is C18H22N2S. The largest absolute Gasteiger partial charge is 0.389 e. The molecule has 2 nitrogen and oxygen atoms in total. The molecule has 0 aromatic heterocycles. The third-order valence-electron chi connectivity index (χ3n) is 3.74. The molecule has 3 heteroatoms. The van der Waals surface area contributed by atoms with E-state index >= 15 is 0 Å². The fourth-order valence-corrected chi connectivity index (χ4v) is 2.57. The van der Waals surface area contributed by atoms with E-state index in [1.165, 1.54) is 22.4 Å². The van der Waals surface area contributed by atoms with Crippen LogP contribution in [0, 0.1) is 13.8 Å². The molecule has 0 saturated carbocycles. The van der Waals surface area contributed by atoms with E-state index < -0.39 is 0 Å². The quantitative estimate of drug-likeness (QED) is 0.847. The summed E-state index contributed by atoms with van der Waals surface area (Å²) in [6.07, 6.45) is 0. The summed E-state index contributed by atoms with van der Waals surface area (Å²) < 4.78 is 0. The molecule has 110 valence electrons. The van der Waals surface area contributed by atoms with Crippen LogP contribution >= 0.6 is 12.2 Å². The molecule has 0 fully saturated rings. The smallest absolute Gasteiger partial charge is 0.103 e. The fourth-order valence-electron chi connectivity index (χ4n) is 2.44. The highest BCUT2D eigenvalue weighted by molar-refractivity contribution is 7.80. The molecule has 2 rings (SSSR count). The maximum absolute atomic E-state index is 5.69. The van der Waals surface area contributed by atoms with Crippen LogP contribution in [0.5, 0.6) is 0 Å². The van der Waals surface area contributed by atoms with Crippen molar-refractivity contribution in [2.24, 2.45) is 5.73 Å². The molecule has 0 saturated heterocycles. The van der Waals surface area contributed by atoms with Gasteiger partial charge in [0.05, 0.1) is 0 Å². The SMILES string of the molecule is CCN(Cc1ccc(C(N)=S)cc1C)c1cccc(C)c1. The summed E-state index contributed by atoms with van der Waals surface area (Å²) in [7, 11) is 0. The Morgan fingerprint density at radius 3 is 2.48 bits per heavy atom. The van der Waals surface area contributed by atoms with Crippen LogP contribution in [0.2, 0.25) is 0 Å². The Labute approximate surface area is 132 Å². The second kappa shape index (κ2) is 6.72. The van der Waals surface area contributed by atoms with E-state index in [0.717, 1.165) is 18.7 Å². The van der Waals surface area contributed by atoms with E-state index in [4.69, 9.17) is 18.0 Å². The Bertz CT molecular complexity index is 649. The van der Waals surface area contributed by atoms with E-state index in [0.29, 0.717) is 4.99 Å². The zero-order chi connectivity index (χ0) is 15.4. The van der Waals surface area contributed by atoms with Crippen LogP contribution in [0.25, 0.3) is 0 Å². The first-order valence-electron chi connectivity index (χ1n) is 7.22. The van der Waals surface area contributed by atoms with Crippen molar-refractivity contribution >= 4 is 22.9 Å². The summed E-state index contributed by atoms with van der Waals surface area (Å²) in [4.78, 5) is 2.83. The number of aryl methyl sites for hydroxylation is 2. The standard InChI is InChI=1S/C18H22N2S/c1-4-20(17-7-5-6-13(2)10-17)12-16-9-8-15(18(19)21)11-14(16)3/h5-11H,4,12H2,1-3H3,(H2,19,21). The molecule has 0 radical (unpaired) electrons. The summed E-state index contributed by atoms with van der Waals surface area (Å²) in [6.45, 7) is 8.28. The van der Waals surface area contributed by atoms with Gasteiger partial charge in [-0.3, -0.25) is 0 Å². The number of hydrogen-bond donors (Lipinski definition) is 1. The van der Waals surface area contributed by atoms with Crippen molar-refractivity contribution in [1.82, 2.24) is 0 Å². The molecule has 0 aliphatic carbocycles. The first kappa shape index (κ1) is 15.5. The lowest BCUT2D eigenvalue weighted by atomic mass is 10.0. The number of thiocarbonyl (C=S) groups is 1. The van der Waals surface area contributed by atoms with Crippen molar-refractivity contribution in [3.63, 3.8) is 0 Å². The highest BCUT2D eigenvalue weighted by Gasteiger charge is 2.08. The van der Waals surface area contributed by atoms with Gasteiger partial charge in [-0.15, -0.1) is 0 Å². The average molecular weight is 298 g/mol. The van der Waals surface area contributed by atoms with Gasteiger partial charge in [-0.2, -0.15) is 0 Å². The second-order valence-electron chi connectivity index (χ2n) is 5.36. The van der Waals surface area contributed by atoms with Crippen LogP contribution in [0.1, 0.15) is 29.2 Å². The molecule has 21 heavy (non-hydrogen) atoms. The van der Waals surface area contributed by atoms with Gasteiger partial charge in [0.1, 0.15) is 4.99 Å². The van der Waals surface area contributed by atoms with Crippen molar-refractivity contribution in [1.29, 1.82) is 0 Å². The van der Waals surface area contributed by atoms with Gasteiger partial charge in [0.15, 0.2) is 0 Å². The maximum atomic E-state index is 5.69. The molecule has 0 spiro atoms. The zero-order valence-corrected chi connectivity index (χ0v) is 13.7. The van der Waals surface area contributed by atoms with Gasteiger partial charge < -0.3 is 10.6 Å². The van der Waals surface area contributed by atoms with Crippen LogP contribution < -0.4 is 10.6 Å². The van der Waals surface area contributed by atoms with Gasteiger partial charge in [0.2, 0.25) is 0 Å². The number of benzene rings is 2. The normalized spacial score (nSPS) is 10.4. The molecule has 0 atom stereocenters. The van der Waals surface area contributed by atoms with Crippen molar-refractivity contribution in [3.05, 3.63) is 64.7 Å². The van der Waals surface area contributed by atoms with Gasteiger partial charge in [-0.1, -0.05) is 36.5 Å². The van der Waals surface area contributed by atoms with E-state index in [1.54, 1.807) is 0 Å². The minimum atomic E-state index is 0.454.